The summed E-state index contributed by atoms with van der Waals surface area (Å²) in [6, 6.07) is 5.40. The summed E-state index contributed by atoms with van der Waals surface area (Å²) in [5.74, 6) is 0.707. The SMILES string of the molecule is CCCC(O)(CCC)c1cc(Cl)ccc1OC. The molecule has 0 bridgehead atoms. The minimum absolute atomic E-state index is 0.631. The first-order valence-electron chi connectivity index (χ1n) is 6.13. The second-order valence-electron chi connectivity index (χ2n) is 4.38. The van der Waals surface area contributed by atoms with E-state index in [0.717, 1.165) is 31.2 Å². The van der Waals surface area contributed by atoms with Crippen LogP contribution in [0.15, 0.2) is 18.2 Å². The van der Waals surface area contributed by atoms with Crippen LogP contribution in [-0.4, -0.2) is 12.2 Å². The normalized spacial score (nSPS) is 11.6. The minimum Gasteiger partial charge on any atom is -0.496 e. The van der Waals surface area contributed by atoms with E-state index in [1.807, 2.05) is 12.1 Å². The van der Waals surface area contributed by atoms with Gasteiger partial charge in [-0.15, -0.1) is 0 Å². The van der Waals surface area contributed by atoms with Crippen LogP contribution in [0.4, 0.5) is 0 Å². The molecule has 0 radical (unpaired) electrons. The summed E-state index contributed by atoms with van der Waals surface area (Å²) in [6.07, 6.45) is 3.29. The Labute approximate surface area is 109 Å². The topological polar surface area (TPSA) is 29.5 Å². The average Bonchev–Trinajstić information content (AvgIpc) is 2.29. The highest BCUT2D eigenvalue weighted by molar-refractivity contribution is 6.30. The summed E-state index contributed by atoms with van der Waals surface area (Å²) in [4.78, 5) is 0. The Balaban J connectivity index is 3.20. The van der Waals surface area contributed by atoms with E-state index >= 15 is 0 Å². The van der Waals surface area contributed by atoms with Gasteiger partial charge in [0.05, 0.1) is 12.7 Å². The summed E-state index contributed by atoms with van der Waals surface area (Å²) in [5.41, 5.74) is -0.0316. The van der Waals surface area contributed by atoms with Crippen LogP contribution in [-0.2, 0) is 5.60 Å². The lowest BCUT2D eigenvalue weighted by Crippen LogP contribution is -2.26. The zero-order valence-corrected chi connectivity index (χ0v) is 11.5. The highest BCUT2D eigenvalue weighted by atomic mass is 35.5. The smallest absolute Gasteiger partial charge is 0.125 e. The van der Waals surface area contributed by atoms with Gasteiger partial charge < -0.3 is 9.84 Å². The fourth-order valence-corrected chi connectivity index (χ4v) is 2.44. The first-order chi connectivity index (χ1) is 8.07. The molecule has 3 heteroatoms. The Morgan fingerprint density at radius 3 is 2.29 bits per heavy atom. The molecule has 0 saturated heterocycles. The molecule has 0 aromatic heterocycles. The molecule has 0 saturated carbocycles. The predicted octanol–water partition coefficient (Wildman–Crippen LogP) is 4.14. The van der Waals surface area contributed by atoms with Crippen molar-refractivity contribution < 1.29 is 9.84 Å². The Bertz CT molecular complexity index is 357. The van der Waals surface area contributed by atoms with E-state index in [9.17, 15) is 5.11 Å². The summed E-state index contributed by atoms with van der Waals surface area (Å²) in [7, 11) is 1.62. The summed E-state index contributed by atoms with van der Waals surface area (Å²) in [5, 5.41) is 11.4. The van der Waals surface area contributed by atoms with Gasteiger partial charge in [0.25, 0.3) is 0 Å². The average molecular weight is 257 g/mol. The summed E-state index contributed by atoms with van der Waals surface area (Å²) >= 11 is 6.01. The number of hydrogen-bond acceptors (Lipinski definition) is 2. The molecule has 0 aliphatic heterocycles. The van der Waals surface area contributed by atoms with E-state index < -0.39 is 5.60 Å². The van der Waals surface area contributed by atoms with E-state index in [4.69, 9.17) is 16.3 Å². The van der Waals surface area contributed by atoms with Gasteiger partial charge in [-0.1, -0.05) is 38.3 Å². The third-order valence-electron chi connectivity index (χ3n) is 2.99. The van der Waals surface area contributed by atoms with Gasteiger partial charge in [-0.25, -0.2) is 0 Å². The lowest BCUT2D eigenvalue weighted by molar-refractivity contribution is 0.0148. The fraction of sp³-hybridized carbons (Fsp3) is 0.571. The van der Waals surface area contributed by atoms with Crippen LogP contribution >= 0.6 is 11.6 Å². The molecule has 2 nitrogen and oxygen atoms in total. The van der Waals surface area contributed by atoms with Crippen molar-refractivity contribution >= 4 is 11.6 Å². The van der Waals surface area contributed by atoms with E-state index in [2.05, 4.69) is 13.8 Å². The largest absolute Gasteiger partial charge is 0.496 e. The Hall–Kier alpha value is -0.730. The molecule has 0 aliphatic carbocycles. The quantitative estimate of drug-likeness (QED) is 0.829. The van der Waals surface area contributed by atoms with Crippen LogP contribution < -0.4 is 4.74 Å². The zero-order valence-electron chi connectivity index (χ0n) is 10.8. The Kier molecular flexibility index (Phi) is 5.29. The van der Waals surface area contributed by atoms with E-state index in [-0.39, 0.29) is 0 Å². The van der Waals surface area contributed by atoms with Crippen molar-refractivity contribution in [3.63, 3.8) is 0 Å². The number of ether oxygens (including phenoxy) is 1. The molecule has 96 valence electrons. The van der Waals surface area contributed by atoms with Gasteiger partial charge in [-0.2, -0.15) is 0 Å². The molecule has 0 atom stereocenters. The van der Waals surface area contributed by atoms with Crippen molar-refractivity contribution in [1.82, 2.24) is 0 Å². The summed E-state index contributed by atoms with van der Waals surface area (Å²) < 4.78 is 5.32. The molecule has 0 amide bonds. The van der Waals surface area contributed by atoms with Crippen LogP contribution in [0.25, 0.3) is 0 Å². The maximum absolute atomic E-state index is 10.8. The van der Waals surface area contributed by atoms with Crippen LogP contribution in [0, 0.1) is 0 Å². The molecule has 0 aliphatic rings. The Morgan fingerprint density at radius 2 is 1.82 bits per heavy atom. The van der Waals surface area contributed by atoms with Crippen molar-refractivity contribution in [2.45, 2.75) is 45.1 Å². The molecule has 1 N–H and O–H groups in total. The third kappa shape index (κ3) is 3.36. The highest BCUT2D eigenvalue weighted by Gasteiger charge is 2.30. The van der Waals surface area contributed by atoms with Gasteiger partial charge in [0.1, 0.15) is 5.75 Å². The number of halogens is 1. The fourth-order valence-electron chi connectivity index (χ4n) is 2.27. The lowest BCUT2D eigenvalue weighted by atomic mass is 9.85. The third-order valence-corrected chi connectivity index (χ3v) is 3.23. The van der Waals surface area contributed by atoms with Crippen molar-refractivity contribution in [2.24, 2.45) is 0 Å². The highest BCUT2D eigenvalue weighted by Crippen LogP contribution is 2.38. The lowest BCUT2D eigenvalue weighted by Gasteiger charge is -2.29. The van der Waals surface area contributed by atoms with Gasteiger partial charge in [0.2, 0.25) is 0 Å². The second-order valence-corrected chi connectivity index (χ2v) is 4.81. The molecule has 0 fully saturated rings. The van der Waals surface area contributed by atoms with E-state index in [0.29, 0.717) is 10.8 Å². The molecular formula is C14H21ClO2. The van der Waals surface area contributed by atoms with Crippen LogP contribution in [0.5, 0.6) is 5.75 Å². The second kappa shape index (κ2) is 6.27. The Morgan fingerprint density at radius 1 is 1.24 bits per heavy atom. The van der Waals surface area contributed by atoms with Crippen molar-refractivity contribution in [3.05, 3.63) is 28.8 Å². The molecule has 1 rings (SSSR count). The van der Waals surface area contributed by atoms with Crippen LogP contribution in [0.3, 0.4) is 0 Å². The molecule has 0 spiro atoms. The van der Waals surface area contributed by atoms with Crippen molar-refractivity contribution in [1.29, 1.82) is 0 Å². The maximum Gasteiger partial charge on any atom is 0.125 e. The first-order valence-corrected chi connectivity index (χ1v) is 6.51. The number of methoxy groups -OCH3 is 1. The van der Waals surface area contributed by atoms with Gasteiger partial charge >= 0.3 is 0 Å². The molecule has 17 heavy (non-hydrogen) atoms. The van der Waals surface area contributed by atoms with Gasteiger partial charge in [-0.3, -0.25) is 0 Å². The monoisotopic (exact) mass is 256 g/mol. The summed E-state index contributed by atoms with van der Waals surface area (Å²) in [6.45, 7) is 4.13. The van der Waals surface area contributed by atoms with Crippen LogP contribution in [0.2, 0.25) is 5.02 Å². The minimum atomic E-state index is -0.834. The van der Waals surface area contributed by atoms with E-state index in [1.54, 1.807) is 13.2 Å². The number of aliphatic hydroxyl groups is 1. The number of benzene rings is 1. The van der Waals surface area contributed by atoms with Gasteiger partial charge in [0.15, 0.2) is 0 Å². The van der Waals surface area contributed by atoms with E-state index in [1.165, 1.54) is 0 Å². The number of rotatable bonds is 6. The molecule has 1 aromatic carbocycles. The zero-order chi connectivity index (χ0) is 12.9. The maximum atomic E-state index is 10.8. The molecule has 0 heterocycles. The van der Waals surface area contributed by atoms with Gasteiger partial charge in [-0.05, 0) is 31.0 Å². The first kappa shape index (κ1) is 14.3. The van der Waals surface area contributed by atoms with Gasteiger partial charge in [0, 0.05) is 10.6 Å². The van der Waals surface area contributed by atoms with Crippen LogP contribution in [0.1, 0.15) is 45.1 Å². The molecule has 1 aromatic rings. The van der Waals surface area contributed by atoms with Crippen molar-refractivity contribution in [3.8, 4) is 5.75 Å². The predicted molar refractivity (Wildman–Crippen MR) is 71.7 cm³/mol. The van der Waals surface area contributed by atoms with Crippen molar-refractivity contribution in [2.75, 3.05) is 7.11 Å². The molecule has 0 unspecified atom stereocenters. The molecular weight excluding hydrogens is 236 g/mol. The standard InChI is InChI=1S/C14H21ClO2/c1-4-8-14(16,9-5-2)12-10-11(15)6-7-13(12)17-3/h6-7,10,16H,4-5,8-9H2,1-3H3. The number of hydrogen-bond donors (Lipinski definition) is 1.